The maximum absolute atomic E-state index is 11.5. The molecule has 0 atom stereocenters. The Kier molecular flexibility index (Phi) is 2.96. The Labute approximate surface area is 100 Å². The van der Waals surface area contributed by atoms with Crippen LogP contribution in [0.2, 0.25) is 0 Å². The smallest absolute Gasteiger partial charge is 0.242 e. The number of benzene rings is 1. The van der Waals surface area contributed by atoms with Crippen molar-refractivity contribution in [3.8, 4) is 0 Å². The lowest BCUT2D eigenvalue weighted by Crippen LogP contribution is -2.14. The van der Waals surface area contributed by atoms with Gasteiger partial charge >= 0.3 is 18.1 Å². The maximum atomic E-state index is 11.5. The van der Waals surface area contributed by atoms with Crippen molar-refractivity contribution in [3.05, 3.63) is 41.5 Å². The Morgan fingerprint density at radius 1 is 0.944 bits per heavy atom. The lowest BCUT2D eigenvalue weighted by molar-refractivity contribution is -0.267. The normalized spacial score (nSPS) is 14.8. The SMILES string of the molecule is C=Cc1cc2ccc1C(=O)OOC(=O)OOC2=O. The van der Waals surface area contributed by atoms with Crippen molar-refractivity contribution in [1.82, 2.24) is 0 Å². The average Bonchev–Trinajstić information content (AvgIpc) is 2.43. The molecule has 0 amide bonds. The molecule has 0 aromatic heterocycles. The van der Waals surface area contributed by atoms with Crippen LogP contribution >= 0.6 is 0 Å². The van der Waals surface area contributed by atoms with Gasteiger partial charge in [0.15, 0.2) is 0 Å². The zero-order valence-electron chi connectivity index (χ0n) is 8.87. The first kappa shape index (κ1) is 11.6. The van der Waals surface area contributed by atoms with E-state index >= 15 is 0 Å². The van der Waals surface area contributed by atoms with Crippen LogP contribution in [-0.2, 0) is 19.6 Å². The molecular weight excluding hydrogens is 244 g/mol. The molecule has 0 saturated heterocycles. The van der Waals surface area contributed by atoms with Gasteiger partial charge in [-0.15, -0.1) is 0 Å². The van der Waals surface area contributed by atoms with Crippen LogP contribution in [0.25, 0.3) is 6.08 Å². The maximum Gasteiger partial charge on any atom is 0.592 e. The van der Waals surface area contributed by atoms with Crippen molar-refractivity contribution in [3.63, 3.8) is 0 Å². The summed E-state index contributed by atoms with van der Waals surface area (Å²) in [5.74, 6) is -1.85. The van der Waals surface area contributed by atoms with Crippen LogP contribution < -0.4 is 0 Å². The van der Waals surface area contributed by atoms with Gasteiger partial charge in [0, 0.05) is 0 Å². The van der Waals surface area contributed by atoms with Gasteiger partial charge in [-0.3, -0.25) is 0 Å². The van der Waals surface area contributed by atoms with E-state index in [-0.39, 0.29) is 11.1 Å². The van der Waals surface area contributed by atoms with Crippen LogP contribution in [0.1, 0.15) is 26.3 Å². The molecule has 0 spiro atoms. The first-order valence-corrected chi connectivity index (χ1v) is 4.70. The van der Waals surface area contributed by atoms with Crippen LogP contribution in [0.4, 0.5) is 4.79 Å². The van der Waals surface area contributed by atoms with Gasteiger partial charge in [0.2, 0.25) is 0 Å². The minimum Gasteiger partial charge on any atom is -0.242 e. The molecule has 2 aliphatic rings. The Balaban J connectivity index is 2.49. The lowest BCUT2D eigenvalue weighted by Gasteiger charge is -2.03. The van der Waals surface area contributed by atoms with Crippen LogP contribution in [0.5, 0.6) is 0 Å². The standard InChI is InChI=1S/C11H6O7/c1-2-6-5-7-3-4-8(6)10(13)16-18-11(14)17-15-9(7)12/h2-5H,1H2. The van der Waals surface area contributed by atoms with Gasteiger partial charge in [-0.25, -0.2) is 29.1 Å². The summed E-state index contributed by atoms with van der Waals surface area (Å²) in [6.45, 7) is 3.49. The third-order valence-corrected chi connectivity index (χ3v) is 2.10. The second-order valence-electron chi connectivity index (χ2n) is 3.16. The van der Waals surface area contributed by atoms with Crippen LogP contribution in [-0.4, -0.2) is 18.1 Å². The topological polar surface area (TPSA) is 88.1 Å². The fourth-order valence-corrected chi connectivity index (χ4v) is 1.30. The highest BCUT2D eigenvalue weighted by molar-refractivity contribution is 5.97. The lowest BCUT2D eigenvalue weighted by atomic mass is 10.0. The molecule has 0 aliphatic carbocycles. The highest BCUT2D eigenvalue weighted by Crippen LogP contribution is 2.17. The zero-order valence-corrected chi connectivity index (χ0v) is 8.87. The zero-order chi connectivity index (χ0) is 13.1. The largest absolute Gasteiger partial charge is 0.592 e. The Hall–Kier alpha value is -2.83. The first-order chi connectivity index (χ1) is 8.61. The predicted molar refractivity (Wildman–Crippen MR) is 54.9 cm³/mol. The second-order valence-corrected chi connectivity index (χ2v) is 3.16. The van der Waals surface area contributed by atoms with Gasteiger partial charge in [0.1, 0.15) is 0 Å². The fourth-order valence-electron chi connectivity index (χ4n) is 1.30. The van der Waals surface area contributed by atoms with Gasteiger partial charge in [-0.1, -0.05) is 12.7 Å². The van der Waals surface area contributed by atoms with E-state index in [1.54, 1.807) is 0 Å². The number of hydrogen-bond donors (Lipinski definition) is 0. The summed E-state index contributed by atoms with van der Waals surface area (Å²) in [4.78, 5) is 50.0. The van der Waals surface area contributed by atoms with E-state index in [4.69, 9.17) is 0 Å². The molecule has 2 bridgehead atoms. The molecule has 3 rings (SSSR count). The molecule has 18 heavy (non-hydrogen) atoms. The molecule has 92 valence electrons. The summed E-state index contributed by atoms with van der Waals surface area (Å²) in [5, 5.41) is 0. The van der Waals surface area contributed by atoms with Crippen molar-refractivity contribution >= 4 is 24.2 Å². The summed E-state index contributed by atoms with van der Waals surface area (Å²) in [5.41, 5.74) is 0.486. The third kappa shape index (κ3) is 2.14. The number of rotatable bonds is 1. The molecule has 0 N–H and O–H groups in total. The molecule has 2 heterocycles. The van der Waals surface area contributed by atoms with Gasteiger partial charge in [0.05, 0.1) is 11.1 Å². The van der Waals surface area contributed by atoms with E-state index in [1.165, 1.54) is 24.3 Å². The molecule has 1 aromatic carbocycles. The van der Waals surface area contributed by atoms with Crippen molar-refractivity contribution < 1.29 is 33.9 Å². The van der Waals surface area contributed by atoms with Crippen LogP contribution in [0.3, 0.4) is 0 Å². The minimum atomic E-state index is -1.47. The van der Waals surface area contributed by atoms with Crippen molar-refractivity contribution in [2.75, 3.05) is 0 Å². The minimum absolute atomic E-state index is 0.0798. The van der Waals surface area contributed by atoms with E-state index in [9.17, 15) is 14.4 Å². The Morgan fingerprint density at radius 2 is 1.61 bits per heavy atom. The highest BCUT2D eigenvalue weighted by atomic mass is 17.3. The number of fused-ring (bicyclic) bond motifs is 8. The summed E-state index contributed by atoms with van der Waals surface area (Å²) in [7, 11) is 0. The molecule has 7 nitrogen and oxygen atoms in total. The average molecular weight is 250 g/mol. The Bertz CT molecular complexity index is 546. The van der Waals surface area contributed by atoms with E-state index in [0.29, 0.717) is 5.56 Å². The molecule has 0 saturated carbocycles. The predicted octanol–water partition coefficient (Wildman–Crippen LogP) is 1.64. The summed E-state index contributed by atoms with van der Waals surface area (Å²) in [6.07, 6.45) is -0.132. The molecule has 0 unspecified atom stereocenters. The summed E-state index contributed by atoms with van der Waals surface area (Å²) < 4.78 is 0. The number of carbonyl (C=O) groups is 3. The quantitative estimate of drug-likeness (QED) is 0.700. The molecule has 0 radical (unpaired) electrons. The van der Waals surface area contributed by atoms with Gasteiger partial charge in [0.25, 0.3) is 0 Å². The monoisotopic (exact) mass is 250 g/mol. The van der Waals surface area contributed by atoms with Crippen LogP contribution in [0.15, 0.2) is 24.8 Å². The number of carbonyl (C=O) groups excluding carboxylic acids is 3. The van der Waals surface area contributed by atoms with Gasteiger partial charge in [-0.2, -0.15) is 4.79 Å². The van der Waals surface area contributed by atoms with Gasteiger partial charge in [-0.05, 0) is 23.8 Å². The van der Waals surface area contributed by atoms with Crippen molar-refractivity contribution in [2.24, 2.45) is 0 Å². The highest BCUT2D eigenvalue weighted by Gasteiger charge is 2.22. The van der Waals surface area contributed by atoms with E-state index in [1.807, 2.05) is 0 Å². The van der Waals surface area contributed by atoms with Crippen molar-refractivity contribution in [2.45, 2.75) is 0 Å². The molecule has 7 heteroatoms. The summed E-state index contributed by atoms with van der Waals surface area (Å²) >= 11 is 0. The first-order valence-electron chi connectivity index (χ1n) is 4.70. The van der Waals surface area contributed by atoms with Gasteiger partial charge < -0.3 is 0 Å². The third-order valence-electron chi connectivity index (χ3n) is 2.10. The summed E-state index contributed by atoms with van der Waals surface area (Å²) in [6, 6.07) is 3.96. The fraction of sp³-hybridized carbons (Fsp3) is 0. The second kappa shape index (κ2) is 4.58. The molecule has 0 fully saturated rings. The van der Waals surface area contributed by atoms with Crippen LogP contribution in [0, 0.1) is 0 Å². The molecule has 2 aliphatic heterocycles. The van der Waals surface area contributed by atoms with E-state index in [0.717, 1.165) is 0 Å². The number of hydrogen-bond acceptors (Lipinski definition) is 7. The molecular formula is C11H6O7. The molecule has 1 aromatic rings. The Morgan fingerprint density at radius 3 is 2.28 bits per heavy atom. The van der Waals surface area contributed by atoms with Crippen molar-refractivity contribution in [1.29, 1.82) is 0 Å². The van der Waals surface area contributed by atoms with E-state index in [2.05, 4.69) is 26.1 Å². The van der Waals surface area contributed by atoms with E-state index < -0.39 is 18.1 Å².